The first-order chi connectivity index (χ1) is 16.3. The number of nitrogens with one attached hydrogen (secondary N) is 1. The van der Waals surface area contributed by atoms with E-state index in [1.807, 2.05) is 27.7 Å². The van der Waals surface area contributed by atoms with Crippen molar-refractivity contribution < 1.29 is 36.1 Å². The molecule has 2 heterocycles. The minimum absolute atomic E-state index is 0.122. The molecule has 4 rings (SSSR count). The van der Waals surface area contributed by atoms with Crippen LogP contribution in [0.3, 0.4) is 0 Å². The summed E-state index contributed by atoms with van der Waals surface area (Å²) in [5.41, 5.74) is 0.0211. The number of esters is 1. The highest BCUT2D eigenvalue weighted by Gasteiger charge is 2.52. The van der Waals surface area contributed by atoms with Gasteiger partial charge in [0.05, 0.1) is 29.8 Å². The van der Waals surface area contributed by atoms with Crippen LogP contribution in [-0.2, 0) is 24.1 Å². The van der Waals surface area contributed by atoms with Crippen LogP contribution in [-0.4, -0.2) is 45.6 Å². The molecule has 0 radical (unpaired) electrons. The van der Waals surface area contributed by atoms with E-state index in [2.05, 4.69) is 4.72 Å². The van der Waals surface area contributed by atoms with Crippen molar-refractivity contribution in [3.63, 3.8) is 0 Å². The zero-order chi connectivity index (χ0) is 25.8. The lowest BCUT2D eigenvalue weighted by molar-refractivity contribution is 0.00578. The number of sulfonamides is 1. The van der Waals surface area contributed by atoms with Gasteiger partial charge < -0.3 is 18.5 Å². The molecule has 35 heavy (non-hydrogen) atoms. The van der Waals surface area contributed by atoms with E-state index in [-0.39, 0.29) is 28.3 Å². The van der Waals surface area contributed by atoms with Crippen molar-refractivity contribution in [2.45, 2.75) is 45.8 Å². The van der Waals surface area contributed by atoms with Gasteiger partial charge in [0.1, 0.15) is 22.7 Å². The molecule has 11 heteroatoms. The monoisotopic (exact) mass is 503 g/mol. The molecule has 1 N–H and O–H groups in total. The van der Waals surface area contributed by atoms with Gasteiger partial charge in [-0.25, -0.2) is 17.6 Å². The van der Waals surface area contributed by atoms with Gasteiger partial charge in [0.2, 0.25) is 10.0 Å². The number of ether oxygens (including phenoxy) is 1. The number of carbonyl (C=O) groups is 1. The molecule has 3 aromatic rings. The number of carbonyl (C=O) groups excluding carboxylic acids is 1. The number of halogens is 1. The lowest BCUT2D eigenvalue weighted by Gasteiger charge is -2.32. The molecule has 0 bridgehead atoms. The van der Waals surface area contributed by atoms with Crippen molar-refractivity contribution in [3.8, 4) is 11.3 Å². The van der Waals surface area contributed by atoms with E-state index in [1.165, 1.54) is 44.4 Å². The Balaban J connectivity index is 1.98. The molecule has 1 aliphatic heterocycles. The van der Waals surface area contributed by atoms with E-state index >= 15 is 0 Å². The summed E-state index contributed by atoms with van der Waals surface area (Å²) in [5, 5.41) is 0.375. The molecular weight excluding hydrogens is 476 g/mol. The summed E-state index contributed by atoms with van der Waals surface area (Å²) < 4.78 is 64.4. The second kappa shape index (κ2) is 8.65. The molecule has 0 amide bonds. The van der Waals surface area contributed by atoms with Gasteiger partial charge in [-0.05, 0) is 65.0 Å². The average molecular weight is 503 g/mol. The minimum atomic E-state index is -3.67. The van der Waals surface area contributed by atoms with Gasteiger partial charge in [-0.2, -0.15) is 0 Å². The van der Waals surface area contributed by atoms with E-state index in [9.17, 15) is 17.6 Å². The number of fused-ring (bicyclic) bond motifs is 1. The molecule has 1 aromatic heterocycles. The Hall–Kier alpha value is -2.89. The molecule has 0 unspecified atom stereocenters. The Bertz CT molecular complexity index is 1380. The minimum Gasteiger partial charge on any atom is -0.465 e. The van der Waals surface area contributed by atoms with Gasteiger partial charge in [-0.15, -0.1) is 0 Å². The molecular formula is C24H27BFNO7S. The van der Waals surface area contributed by atoms with E-state index in [1.54, 1.807) is 6.07 Å². The maximum atomic E-state index is 13.5. The second-order valence-corrected chi connectivity index (χ2v) is 11.3. The number of anilines is 1. The molecule has 1 saturated heterocycles. The number of furan rings is 1. The third kappa shape index (κ3) is 4.55. The molecule has 2 aromatic carbocycles. The third-order valence-electron chi connectivity index (χ3n) is 6.51. The Kier molecular flexibility index (Phi) is 6.23. The smallest absolute Gasteiger partial charge is 0.465 e. The number of rotatable bonds is 6. The van der Waals surface area contributed by atoms with Crippen LogP contribution in [0.5, 0.6) is 0 Å². The molecule has 186 valence electrons. The maximum Gasteiger partial charge on any atom is 0.497 e. The van der Waals surface area contributed by atoms with E-state index in [4.69, 9.17) is 18.5 Å². The fraction of sp³-hybridized carbons (Fsp3) is 0.375. The zero-order valence-corrected chi connectivity index (χ0v) is 21.2. The van der Waals surface area contributed by atoms with Gasteiger partial charge in [-0.3, -0.25) is 4.72 Å². The highest BCUT2D eigenvalue weighted by Crippen LogP contribution is 2.39. The first-order valence-electron chi connectivity index (χ1n) is 11.1. The first-order valence-corrected chi connectivity index (χ1v) is 12.7. The van der Waals surface area contributed by atoms with Crippen molar-refractivity contribution in [2.75, 3.05) is 17.6 Å². The highest BCUT2D eigenvalue weighted by atomic mass is 32.2. The van der Waals surface area contributed by atoms with E-state index in [0.717, 1.165) is 0 Å². The van der Waals surface area contributed by atoms with Crippen LogP contribution < -0.4 is 10.2 Å². The number of hydrogen-bond donors (Lipinski definition) is 1. The number of methoxy groups -OCH3 is 1. The van der Waals surface area contributed by atoms with Crippen LogP contribution in [0, 0.1) is 5.82 Å². The van der Waals surface area contributed by atoms with Gasteiger partial charge in [0.15, 0.2) is 0 Å². The Morgan fingerprint density at radius 3 is 2.23 bits per heavy atom. The second-order valence-electron chi connectivity index (χ2n) is 9.33. The SMILES string of the molecule is CCS(=O)(=O)Nc1cc2oc(-c3ccc(F)cc3)c(C(=O)OC)c2cc1B1OC(C)(C)C(C)(C)O1. The lowest BCUT2D eigenvalue weighted by Crippen LogP contribution is -2.41. The Morgan fingerprint density at radius 2 is 1.69 bits per heavy atom. The van der Waals surface area contributed by atoms with Crippen LogP contribution in [0.15, 0.2) is 40.8 Å². The van der Waals surface area contributed by atoms with Gasteiger partial charge >= 0.3 is 13.1 Å². The molecule has 1 aliphatic rings. The summed E-state index contributed by atoms with van der Waals surface area (Å²) >= 11 is 0. The van der Waals surface area contributed by atoms with Crippen LogP contribution in [0.25, 0.3) is 22.3 Å². The molecule has 1 fully saturated rings. The Labute approximate surface area is 203 Å². The largest absolute Gasteiger partial charge is 0.497 e. The predicted molar refractivity (Wildman–Crippen MR) is 132 cm³/mol. The van der Waals surface area contributed by atoms with Crippen LogP contribution in [0.1, 0.15) is 45.0 Å². The molecule has 0 aliphatic carbocycles. The van der Waals surface area contributed by atoms with E-state index in [0.29, 0.717) is 16.4 Å². The summed E-state index contributed by atoms with van der Waals surface area (Å²) in [4.78, 5) is 12.8. The summed E-state index contributed by atoms with van der Waals surface area (Å²) in [7, 11) is -3.35. The molecule has 0 atom stereocenters. The predicted octanol–water partition coefficient (Wildman–Crippen LogP) is 4.09. The molecule has 0 saturated carbocycles. The summed E-state index contributed by atoms with van der Waals surface area (Å²) in [5.74, 6) is -1.09. The average Bonchev–Trinajstić information content (AvgIpc) is 3.25. The summed E-state index contributed by atoms with van der Waals surface area (Å²) in [6.07, 6.45) is 0. The Morgan fingerprint density at radius 1 is 1.09 bits per heavy atom. The van der Waals surface area contributed by atoms with Gasteiger partial charge in [0.25, 0.3) is 0 Å². The van der Waals surface area contributed by atoms with Crippen molar-refractivity contribution in [1.82, 2.24) is 0 Å². The zero-order valence-electron chi connectivity index (χ0n) is 20.4. The third-order valence-corrected chi connectivity index (χ3v) is 7.80. The fourth-order valence-electron chi connectivity index (χ4n) is 3.76. The molecule has 0 spiro atoms. The fourth-order valence-corrected chi connectivity index (χ4v) is 4.42. The van der Waals surface area contributed by atoms with Gasteiger partial charge in [-0.1, -0.05) is 0 Å². The highest BCUT2D eigenvalue weighted by molar-refractivity contribution is 7.92. The van der Waals surface area contributed by atoms with Crippen molar-refractivity contribution in [2.24, 2.45) is 0 Å². The number of benzene rings is 2. The van der Waals surface area contributed by atoms with Gasteiger partial charge in [0, 0.05) is 22.5 Å². The summed E-state index contributed by atoms with van der Waals surface area (Å²) in [6, 6.07) is 8.56. The van der Waals surface area contributed by atoms with Crippen LogP contribution >= 0.6 is 0 Å². The lowest BCUT2D eigenvalue weighted by atomic mass is 9.77. The topological polar surface area (TPSA) is 104 Å². The van der Waals surface area contributed by atoms with Crippen molar-refractivity contribution in [1.29, 1.82) is 0 Å². The standard InChI is InChI=1S/C24H27BFNO7S/c1-7-35(29,30)27-18-13-19-16(12-17(18)25-33-23(2,3)24(4,5)34-25)20(22(28)31-6)21(32-19)14-8-10-15(26)11-9-14/h8-13,27H,7H2,1-6H3. The first kappa shape index (κ1) is 25.2. The van der Waals surface area contributed by atoms with Crippen molar-refractivity contribution >= 4 is 45.2 Å². The normalized spacial score (nSPS) is 17.1. The quantitative estimate of drug-likeness (QED) is 0.399. The van der Waals surface area contributed by atoms with Crippen LogP contribution in [0.4, 0.5) is 10.1 Å². The van der Waals surface area contributed by atoms with E-state index < -0.39 is 40.1 Å². The maximum absolute atomic E-state index is 13.5. The number of hydrogen-bond acceptors (Lipinski definition) is 7. The van der Waals surface area contributed by atoms with Crippen LogP contribution in [0.2, 0.25) is 0 Å². The summed E-state index contributed by atoms with van der Waals surface area (Å²) in [6.45, 7) is 9.04. The van der Waals surface area contributed by atoms with Crippen molar-refractivity contribution in [3.05, 3.63) is 47.8 Å². The molecule has 8 nitrogen and oxygen atoms in total.